The van der Waals surface area contributed by atoms with E-state index in [2.05, 4.69) is 13.1 Å². The normalized spacial score (nSPS) is 34.7. The average Bonchev–Trinajstić information content (AvgIpc) is 3.21. The molecule has 7 N–H and O–H groups in total. The fraction of sp³-hybridized carbons (Fsp3) is 0.636. The molecule has 16 nitrogen and oxygen atoms in total. The van der Waals surface area contributed by atoms with Crippen LogP contribution in [0.4, 0.5) is 0 Å². The molecule has 3 rings (SSSR count). The van der Waals surface area contributed by atoms with Gasteiger partial charge in [-0.15, -0.1) is 0 Å². The second-order valence-electron chi connectivity index (χ2n) is 6.85. The predicted octanol–water partition coefficient (Wildman–Crippen LogP) is -1.84. The van der Waals surface area contributed by atoms with Crippen LogP contribution in [0.15, 0.2) is 21.9 Å². The van der Waals surface area contributed by atoms with Gasteiger partial charge in [0.25, 0.3) is 5.56 Å². The first-order valence-electron chi connectivity index (χ1n) is 8.03. The highest BCUT2D eigenvalue weighted by molar-refractivity contribution is 7.66. The summed E-state index contributed by atoms with van der Waals surface area (Å²) >= 11 is 0. The van der Waals surface area contributed by atoms with E-state index in [0.29, 0.717) is 0 Å². The topological polar surface area (TPSA) is 255 Å². The van der Waals surface area contributed by atoms with Crippen molar-refractivity contribution in [1.29, 1.82) is 0 Å². The average molecular weight is 494 g/mol. The van der Waals surface area contributed by atoms with E-state index in [1.54, 1.807) is 0 Å². The lowest BCUT2D eigenvalue weighted by molar-refractivity contribution is -0.0306. The third-order valence-corrected chi connectivity index (χ3v) is 8.72. The molecule has 19 heteroatoms. The van der Waals surface area contributed by atoms with Crippen LogP contribution in [-0.4, -0.2) is 58.2 Å². The number of fused-ring (bicyclic) bond motifs is 1. The Labute approximate surface area is 166 Å². The van der Waals surface area contributed by atoms with Crippen LogP contribution in [0, 0.1) is 11.3 Å². The Morgan fingerprint density at radius 2 is 1.73 bits per heavy atom. The minimum absolute atomic E-state index is 0.108. The van der Waals surface area contributed by atoms with Crippen molar-refractivity contribution in [2.24, 2.45) is 11.3 Å². The number of phosphoric ester groups is 1. The van der Waals surface area contributed by atoms with Gasteiger partial charge in [-0.1, -0.05) is 0 Å². The summed E-state index contributed by atoms with van der Waals surface area (Å²) in [5.74, 6) is -0.640. The quantitative estimate of drug-likeness (QED) is 0.196. The van der Waals surface area contributed by atoms with E-state index in [1.807, 2.05) is 4.98 Å². The number of aliphatic hydroxyl groups is 2. The van der Waals surface area contributed by atoms with Crippen LogP contribution in [0.1, 0.15) is 12.5 Å². The fourth-order valence-corrected chi connectivity index (χ4v) is 6.79. The van der Waals surface area contributed by atoms with Gasteiger partial charge < -0.3 is 29.8 Å². The molecule has 2 fully saturated rings. The second kappa shape index (κ2) is 7.55. The van der Waals surface area contributed by atoms with Crippen molar-refractivity contribution in [3.05, 3.63) is 33.1 Å². The van der Waals surface area contributed by atoms with Gasteiger partial charge in [0.05, 0.1) is 18.8 Å². The summed E-state index contributed by atoms with van der Waals surface area (Å²) in [6.07, 6.45) is -1.84. The summed E-state index contributed by atoms with van der Waals surface area (Å²) in [5.41, 5.74) is -2.86. The monoisotopic (exact) mass is 494 g/mol. The minimum Gasteiger partial charge on any atom is -0.390 e. The maximum absolute atomic E-state index is 12.0. The van der Waals surface area contributed by atoms with E-state index in [4.69, 9.17) is 14.7 Å². The van der Waals surface area contributed by atoms with Crippen LogP contribution in [0.2, 0.25) is 0 Å². The Morgan fingerprint density at radius 1 is 1.10 bits per heavy atom. The lowest BCUT2D eigenvalue weighted by Gasteiger charge is -2.24. The summed E-state index contributed by atoms with van der Waals surface area (Å²) in [5, 5.41) is 20.7. The molecule has 0 saturated heterocycles. The zero-order valence-corrected chi connectivity index (χ0v) is 17.3. The van der Waals surface area contributed by atoms with Gasteiger partial charge in [0, 0.05) is 17.7 Å². The SMILES string of the molecule is O=c1ccn([C@H]2[C@@H](O)C(O)C3(COP(=O)(O)OP(=O)(O)OP(=O)(O)O)C[C@@H]23)c(=O)[nH]1. The zero-order chi connectivity index (χ0) is 22.7. The summed E-state index contributed by atoms with van der Waals surface area (Å²) in [6.45, 7) is -0.784. The summed E-state index contributed by atoms with van der Waals surface area (Å²) < 4.78 is 46.6. The number of nitrogens with one attached hydrogen (secondary N) is 1. The maximum atomic E-state index is 12.0. The highest BCUT2D eigenvalue weighted by Gasteiger charge is 2.72. The molecule has 0 aliphatic heterocycles. The second-order valence-corrected chi connectivity index (χ2v) is 11.3. The van der Waals surface area contributed by atoms with Gasteiger partial charge in [0.1, 0.15) is 6.10 Å². The number of aromatic nitrogens is 2. The molecule has 2 aliphatic carbocycles. The first-order chi connectivity index (χ1) is 13.6. The summed E-state index contributed by atoms with van der Waals surface area (Å²) in [6, 6.07) is 0.0171. The van der Waals surface area contributed by atoms with Crippen molar-refractivity contribution in [1.82, 2.24) is 9.55 Å². The number of hydrogen-bond donors (Lipinski definition) is 7. The predicted molar refractivity (Wildman–Crippen MR) is 92.7 cm³/mol. The van der Waals surface area contributed by atoms with Crippen LogP contribution in [0.25, 0.3) is 0 Å². The molecule has 0 amide bonds. The fourth-order valence-electron chi connectivity index (χ4n) is 3.69. The third kappa shape index (κ3) is 4.75. The zero-order valence-electron chi connectivity index (χ0n) is 14.6. The molecule has 1 aromatic heterocycles. The highest BCUT2D eigenvalue weighted by Crippen LogP contribution is 2.70. The van der Waals surface area contributed by atoms with Crippen LogP contribution < -0.4 is 11.2 Å². The van der Waals surface area contributed by atoms with Gasteiger partial charge in [-0.25, -0.2) is 18.5 Å². The van der Waals surface area contributed by atoms with E-state index < -0.39 is 70.9 Å². The number of H-pyrrole nitrogens is 1. The van der Waals surface area contributed by atoms with Crippen molar-refractivity contribution in [3.63, 3.8) is 0 Å². The molecule has 1 heterocycles. The number of aliphatic hydroxyl groups excluding tert-OH is 2. The van der Waals surface area contributed by atoms with Crippen LogP contribution in [0.5, 0.6) is 0 Å². The van der Waals surface area contributed by atoms with Crippen LogP contribution in [0.3, 0.4) is 0 Å². The lowest BCUT2D eigenvalue weighted by Crippen LogP contribution is -2.40. The molecule has 170 valence electrons. The van der Waals surface area contributed by atoms with Gasteiger partial charge >= 0.3 is 29.2 Å². The first kappa shape index (κ1) is 23.7. The molecule has 2 saturated carbocycles. The third-order valence-electron chi connectivity index (χ3n) is 4.94. The molecule has 0 bridgehead atoms. The van der Waals surface area contributed by atoms with Gasteiger partial charge in [0.15, 0.2) is 0 Å². The Bertz CT molecular complexity index is 1090. The number of phosphoric acid groups is 3. The molecular formula is C11H17N2O14P3. The van der Waals surface area contributed by atoms with Gasteiger partial charge in [-0.3, -0.25) is 18.9 Å². The van der Waals surface area contributed by atoms with E-state index in [0.717, 1.165) is 16.8 Å². The molecule has 4 unspecified atom stereocenters. The van der Waals surface area contributed by atoms with E-state index in [-0.39, 0.29) is 6.42 Å². The van der Waals surface area contributed by atoms with Gasteiger partial charge in [-0.05, 0) is 12.3 Å². The molecule has 2 aliphatic rings. The molecule has 30 heavy (non-hydrogen) atoms. The molecular weight excluding hydrogens is 477 g/mol. The highest BCUT2D eigenvalue weighted by atomic mass is 31.3. The lowest BCUT2D eigenvalue weighted by atomic mass is 10.0. The van der Waals surface area contributed by atoms with Gasteiger partial charge in [-0.2, -0.15) is 8.62 Å². The first-order valence-corrected chi connectivity index (χ1v) is 12.5. The number of nitrogens with zero attached hydrogens (tertiary/aromatic N) is 1. The molecule has 0 aromatic carbocycles. The van der Waals surface area contributed by atoms with Crippen molar-refractivity contribution in [2.75, 3.05) is 6.61 Å². The Balaban J connectivity index is 1.73. The molecule has 7 atom stereocenters. The smallest absolute Gasteiger partial charge is 0.390 e. The van der Waals surface area contributed by atoms with Crippen molar-refractivity contribution < 1.29 is 56.6 Å². The number of hydrogen-bond acceptors (Lipinski definition) is 10. The van der Waals surface area contributed by atoms with Crippen molar-refractivity contribution >= 4 is 23.5 Å². The van der Waals surface area contributed by atoms with E-state index >= 15 is 0 Å². The number of aromatic amines is 1. The van der Waals surface area contributed by atoms with E-state index in [1.165, 1.54) is 0 Å². The van der Waals surface area contributed by atoms with Crippen LogP contribution in [-0.2, 0) is 26.8 Å². The van der Waals surface area contributed by atoms with E-state index in [9.17, 15) is 38.4 Å². The van der Waals surface area contributed by atoms with Crippen molar-refractivity contribution in [2.45, 2.75) is 24.7 Å². The summed E-state index contributed by atoms with van der Waals surface area (Å²) in [7, 11) is -16.7. The van der Waals surface area contributed by atoms with Crippen LogP contribution >= 0.6 is 23.5 Å². The molecule has 0 spiro atoms. The summed E-state index contributed by atoms with van der Waals surface area (Å²) in [4.78, 5) is 60.9. The number of rotatable bonds is 8. The largest absolute Gasteiger partial charge is 0.490 e. The Hall–Kier alpha value is -0.990. The Morgan fingerprint density at radius 3 is 2.30 bits per heavy atom. The van der Waals surface area contributed by atoms with Crippen molar-refractivity contribution in [3.8, 4) is 0 Å². The maximum Gasteiger partial charge on any atom is 0.490 e. The van der Waals surface area contributed by atoms with Gasteiger partial charge in [0.2, 0.25) is 0 Å². The molecule has 0 radical (unpaired) electrons. The standard InChI is InChI=1S/C11H17N2O14P3/c14-6-1-2-13(10(17)12-6)7-5-3-11(5,9(16)8(7)15)4-25-29(21,22)27-30(23,24)26-28(18,19)20/h1-2,5,7-9,15-16H,3-4H2,(H,21,22)(H,23,24)(H,12,14,17)(H2,18,19,20)/t5-,7+,8+,9?,11?/m0/s1. The minimum atomic E-state index is -5.70. The molecule has 1 aromatic rings. The Kier molecular flexibility index (Phi) is 5.96.